The van der Waals surface area contributed by atoms with Crippen molar-refractivity contribution >= 4 is 29.0 Å². The molecule has 0 saturated carbocycles. The maximum atomic E-state index is 13.5. The molecule has 1 aliphatic carbocycles. The molecule has 0 aliphatic heterocycles. The summed E-state index contributed by atoms with van der Waals surface area (Å²) in [5, 5.41) is 3.00. The molecule has 1 aromatic heterocycles. The van der Waals surface area contributed by atoms with Gasteiger partial charge in [-0.25, -0.2) is 4.39 Å². The Hall–Kier alpha value is -3.45. The number of benzene rings is 2. The van der Waals surface area contributed by atoms with Gasteiger partial charge in [0.25, 0.3) is 11.5 Å². The molecule has 0 radical (unpaired) electrons. The second-order valence-electron chi connectivity index (χ2n) is 8.79. The molecule has 33 heavy (non-hydrogen) atoms. The third kappa shape index (κ3) is 4.41. The van der Waals surface area contributed by atoms with Gasteiger partial charge in [-0.15, -0.1) is 0 Å². The number of ketones is 1. The number of aromatic nitrogens is 1. The van der Waals surface area contributed by atoms with Gasteiger partial charge in [-0.05, 0) is 59.9 Å². The lowest BCUT2D eigenvalue weighted by molar-refractivity contribution is 0.0910. The van der Waals surface area contributed by atoms with Crippen molar-refractivity contribution in [3.05, 3.63) is 86.5 Å². The number of hydrogen-bond donors (Lipinski definition) is 1. The van der Waals surface area contributed by atoms with Gasteiger partial charge in [0.05, 0.1) is 12.1 Å². The SMILES string of the molecule is COc1ccc(NC(=O)c2c3c(cn(-c4ccc(F)cc4)c2=O)C(=O)CC(C)(C)C3)cc1Cl. The van der Waals surface area contributed by atoms with Gasteiger partial charge < -0.3 is 10.1 Å². The van der Waals surface area contributed by atoms with Gasteiger partial charge >= 0.3 is 0 Å². The zero-order valence-corrected chi connectivity index (χ0v) is 19.1. The number of hydrogen-bond acceptors (Lipinski definition) is 4. The summed E-state index contributed by atoms with van der Waals surface area (Å²) in [5.41, 5.74) is 0.332. The highest BCUT2D eigenvalue weighted by Crippen LogP contribution is 2.36. The van der Waals surface area contributed by atoms with E-state index in [1.165, 1.54) is 48.2 Å². The molecule has 1 aliphatic rings. The quantitative estimate of drug-likeness (QED) is 0.581. The van der Waals surface area contributed by atoms with Crippen LogP contribution >= 0.6 is 11.6 Å². The Morgan fingerprint density at radius 1 is 1.12 bits per heavy atom. The Morgan fingerprint density at radius 3 is 2.45 bits per heavy atom. The lowest BCUT2D eigenvalue weighted by Gasteiger charge is -2.31. The molecule has 170 valence electrons. The standard InChI is InChI=1S/C25H22ClFN2O4/c1-25(2)11-17-18(20(30)12-25)13-29(16-7-4-14(27)5-8-16)24(32)22(17)23(31)28-15-6-9-21(33-3)19(26)10-15/h4-10,13H,11-12H2,1-3H3,(H,28,31). The van der Waals surface area contributed by atoms with Crippen molar-refractivity contribution in [1.29, 1.82) is 0 Å². The van der Waals surface area contributed by atoms with E-state index in [1.54, 1.807) is 12.1 Å². The first kappa shape index (κ1) is 22.7. The van der Waals surface area contributed by atoms with E-state index in [9.17, 15) is 18.8 Å². The minimum atomic E-state index is -0.653. The summed E-state index contributed by atoms with van der Waals surface area (Å²) in [7, 11) is 1.48. The average Bonchev–Trinajstić information content (AvgIpc) is 2.73. The van der Waals surface area contributed by atoms with Crippen LogP contribution in [0.15, 0.2) is 53.5 Å². The molecule has 1 amide bonds. The highest BCUT2D eigenvalue weighted by molar-refractivity contribution is 6.32. The van der Waals surface area contributed by atoms with Gasteiger partial charge in [0.2, 0.25) is 0 Å². The Balaban J connectivity index is 1.87. The number of methoxy groups -OCH3 is 1. The highest BCUT2D eigenvalue weighted by Gasteiger charge is 2.36. The third-order valence-corrected chi connectivity index (χ3v) is 5.95. The zero-order valence-electron chi connectivity index (χ0n) is 18.4. The van der Waals surface area contributed by atoms with Crippen molar-refractivity contribution in [2.24, 2.45) is 5.41 Å². The van der Waals surface area contributed by atoms with Crippen LogP contribution in [0.5, 0.6) is 5.75 Å². The van der Waals surface area contributed by atoms with Crippen LogP contribution in [0.3, 0.4) is 0 Å². The number of carbonyl (C=O) groups excluding carboxylic acids is 2. The average molecular weight is 469 g/mol. The number of fused-ring (bicyclic) bond motifs is 1. The maximum Gasteiger partial charge on any atom is 0.268 e. The Kier molecular flexibility index (Phi) is 5.84. The molecule has 2 aromatic carbocycles. The number of halogens is 2. The van der Waals surface area contributed by atoms with Crippen molar-refractivity contribution in [3.8, 4) is 11.4 Å². The first-order valence-corrected chi connectivity index (χ1v) is 10.7. The van der Waals surface area contributed by atoms with Crippen LogP contribution < -0.4 is 15.6 Å². The molecule has 1 N–H and O–H groups in total. The topological polar surface area (TPSA) is 77.4 Å². The number of pyridine rings is 1. The number of rotatable bonds is 4. The molecule has 0 saturated heterocycles. The fourth-order valence-electron chi connectivity index (χ4n) is 4.11. The van der Waals surface area contributed by atoms with E-state index >= 15 is 0 Å². The summed E-state index contributed by atoms with van der Waals surface area (Å²) in [5.74, 6) is -0.826. The molecule has 4 rings (SSSR count). The Labute approximate surface area is 195 Å². The number of nitrogens with zero attached hydrogens (tertiary/aromatic N) is 1. The van der Waals surface area contributed by atoms with Crippen LogP contribution in [0.25, 0.3) is 5.69 Å². The first-order chi connectivity index (χ1) is 15.6. The Morgan fingerprint density at radius 2 is 1.82 bits per heavy atom. The van der Waals surface area contributed by atoms with Crippen LogP contribution in [0.4, 0.5) is 10.1 Å². The number of carbonyl (C=O) groups is 2. The van der Waals surface area contributed by atoms with Gasteiger partial charge in [0, 0.05) is 29.6 Å². The van der Waals surface area contributed by atoms with Crippen LogP contribution in [-0.4, -0.2) is 23.4 Å². The summed E-state index contributed by atoms with van der Waals surface area (Å²) >= 11 is 6.16. The fourth-order valence-corrected chi connectivity index (χ4v) is 4.37. The van der Waals surface area contributed by atoms with Crippen molar-refractivity contribution in [3.63, 3.8) is 0 Å². The second-order valence-corrected chi connectivity index (χ2v) is 9.20. The van der Waals surface area contributed by atoms with Crippen LogP contribution in [0, 0.1) is 11.2 Å². The maximum absolute atomic E-state index is 13.5. The Bertz CT molecular complexity index is 1330. The van der Waals surface area contributed by atoms with Gasteiger partial charge in [-0.1, -0.05) is 25.4 Å². The largest absolute Gasteiger partial charge is 0.495 e. The lowest BCUT2D eigenvalue weighted by Crippen LogP contribution is -2.37. The molecular formula is C25H22ClFN2O4. The summed E-state index contributed by atoms with van der Waals surface area (Å²) in [6, 6.07) is 9.99. The monoisotopic (exact) mass is 468 g/mol. The fraction of sp³-hybridized carbons (Fsp3) is 0.240. The molecule has 0 bridgehead atoms. The minimum Gasteiger partial charge on any atom is -0.495 e. The van der Waals surface area contributed by atoms with Gasteiger partial charge in [0.1, 0.15) is 17.1 Å². The number of ether oxygens (including phenoxy) is 1. The lowest BCUT2D eigenvalue weighted by atomic mass is 9.73. The summed E-state index contributed by atoms with van der Waals surface area (Å²) in [6.45, 7) is 3.84. The normalized spacial score (nSPS) is 14.5. The van der Waals surface area contributed by atoms with Crippen molar-refractivity contribution in [1.82, 2.24) is 4.57 Å². The number of anilines is 1. The van der Waals surface area contributed by atoms with E-state index in [0.29, 0.717) is 39.7 Å². The highest BCUT2D eigenvalue weighted by atomic mass is 35.5. The molecule has 0 spiro atoms. The summed E-state index contributed by atoms with van der Waals surface area (Å²) < 4.78 is 19.8. The molecule has 0 atom stereocenters. The van der Waals surface area contributed by atoms with Gasteiger partial charge in [-0.2, -0.15) is 0 Å². The van der Waals surface area contributed by atoms with E-state index in [-0.39, 0.29) is 17.8 Å². The van der Waals surface area contributed by atoms with Crippen molar-refractivity contribution in [2.45, 2.75) is 26.7 Å². The van der Waals surface area contributed by atoms with Crippen molar-refractivity contribution in [2.75, 3.05) is 12.4 Å². The summed E-state index contributed by atoms with van der Waals surface area (Å²) in [4.78, 5) is 39.8. The number of amides is 1. The molecule has 1 heterocycles. The number of nitrogens with one attached hydrogen (secondary N) is 1. The number of Topliss-reactive ketones (excluding diaryl/α,β-unsaturated/α-hetero) is 1. The molecule has 0 fully saturated rings. The molecular weight excluding hydrogens is 447 g/mol. The zero-order chi connectivity index (χ0) is 23.9. The van der Waals surface area contributed by atoms with Crippen LogP contribution in [0.1, 0.15) is 46.5 Å². The molecule has 3 aromatic rings. The predicted molar refractivity (Wildman–Crippen MR) is 124 cm³/mol. The summed E-state index contributed by atoms with van der Waals surface area (Å²) in [6.07, 6.45) is 2.12. The van der Waals surface area contributed by atoms with E-state index in [0.717, 1.165) is 0 Å². The van der Waals surface area contributed by atoms with E-state index in [1.807, 2.05) is 13.8 Å². The molecule has 8 heteroatoms. The third-order valence-electron chi connectivity index (χ3n) is 5.65. The smallest absolute Gasteiger partial charge is 0.268 e. The van der Waals surface area contributed by atoms with E-state index < -0.39 is 22.7 Å². The minimum absolute atomic E-state index is 0.120. The van der Waals surface area contributed by atoms with Crippen LogP contribution in [0.2, 0.25) is 5.02 Å². The van der Waals surface area contributed by atoms with Crippen molar-refractivity contribution < 1.29 is 18.7 Å². The molecule has 6 nitrogen and oxygen atoms in total. The van der Waals surface area contributed by atoms with Gasteiger partial charge in [-0.3, -0.25) is 19.0 Å². The molecule has 0 unspecified atom stereocenters. The van der Waals surface area contributed by atoms with E-state index in [2.05, 4.69) is 5.32 Å². The first-order valence-electron chi connectivity index (χ1n) is 10.3. The van der Waals surface area contributed by atoms with E-state index in [4.69, 9.17) is 16.3 Å². The second kappa shape index (κ2) is 8.48. The predicted octanol–water partition coefficient (Wildman–Crippen LogP) is 5.05. The van der Waals surface area contributed by atoms with Gasteiger partial charge in [0.15, 0.2) is 5.78 Å². The van der Waals surface area contributed by atoms with Crippen LogP contribution in [-0.2, 0) is 6.42 Å².